The van der Waals surface area contributed by atoms with Gasteiger partial charge in [-0.25, -0.2) is 0 Å². The van der Waals surface area contributed by atoms with Gasteiger partial charge in [-0.3, -0.25) is 14.4 Å². The van der Waals surface area contributed by atoms with Crippen LogP contribution in [0.2, 0.25) is 0 Å². The Morgan fingerprint density at radius 1 is 0.697 bits per heavy atom. The Morgan fingerprint density at radius 3 is 2.21 bits per heavy atom. The Kier molecular flexibility index (Phi) is 3.82. The second-order valence-electron chi connectivity index (χ2n) is 8.69. The highest BCUT2D eigenvalue weighted by atomic mass is 16.1. The van der Waals surface area contributed by atoms with Crippen LogP contribution in [0.5, 0.6) is 0 Å². The van der Waals surface area contributed by atoms with Gasteiger partial charge in [-0.15, -0.1) is 0 Å². The predicted molar refractivity (Wildman–Crippen MR) is 134 cm³/mol. The lowest BCUT2D eigenvalue weighted by atomic mass is 9.90. The first-order chi connectivity index (χ1) is 16.3. The van der Waals surface area contributed by atoms with Crippen molar-refractivity contribution in [1.29, 1.82) is 0 Å². The van der Waals surface area contributed by atoms with Crippen molar-refractivity contribution in [1.82, 2.24) is 4.57 Å². The van der Waals surface area contributed by atoms with Crippen molar-refractivity contribution in [3.8, 4) is 11.1 Å². The van der Waals surface area contributed by atoms with Crippen molar-refractivity contribution < 1.29 is 0 Å². The summed E-state index contributed by atoms with van der Waals surface area (Å²) in [6.45, 7) is 0. The third-order valence-corrected chi connectivity index (χ3v) is 6.94. The zero-order valence-corrected chi connectivity index (χ0v) is 17.8. The number of pyridine rings is 1. The van der Waals surface area contributed by atoms with Crippen LogP contribution in [0, 0.1) is 0 Å². The van der Waals surface area contributed by atoms with Crippen LogP contribution in [-0.4, -0.2) is 10.6 Å². The maximum atomic E-state index is 13.8. The third kappa shape index (κ3) is 2.56. The Hall–Kier alpha value is -4.24. The van der Waals surface area contributed by atoms with Crippen LogP contribution in [0.25, 0.3) is 38.2 Å². The Balaban J connectivity index is 1.54. The number of allylic oxidation sites excluding steroid dienone is 2. The molecule has 3 nitrogen and oxygen atoms in total. The molecule has 5 aromatic rings. The first-order valence-corrected chi connectivity index (χ1v) is 11.3. The standard InChI is InChI=1S/C30H20N2O/c33-30-25-18-17-21(19-9-3-1-4-10-19)23-14-7-15-24(27(23)25)29-31-28-22(20-11-5-2-6-12-20)13-8-16-26(28)32(29)30/h1-18,26,28H. The predicted octanol–water partition coefficient (Wildman–Crippen LogP) is 5.74. The molecule has 0 bridgehead atoms. The molecule has 2 atom stereocenters. The highest BCUT2D eigenvalue weighted by molar-refractivity contribution is 6.14. The van der Waals surface area contributed by atoms with Gasteiger partial charge in [0.05, 0.1) is 6.04 Å². The van der Waals surface area contributed by atoms with E-state index < -0.39 is 0 Å². The fourth-order valence-corrected chi connectivity index (χ4v) is 5.47. The maximum Gasteiger partial charge on any atom is 0.260 e. The smallest absolute Gasteiger partial charge is 0.260 e. The molecule has 1 aliphatic heterocycles. The summed E-state index contributed by atoms with van der Waals surface area (Å²) in [6, 6.07) is 30.9. The van der Waals surface area contributed by atoms with Crippen molar-refractivity contribution in [3.63, 3.8) is 0 Å². The van der Waals surface area contributed by atoms with Crippen LogP contribution < -0.4 is 11.0 Å². The quantitative estimate of drug-likeness (QED) is 0.356. The summed E-state index contributed by atoms with van der Waals surface area (Å²) in [7, 11) is 0. The number of benzene rings is 4. The van der Waals surface area contributed by atoms with E-state index in [0.717, 1.165) is 49.3 Å². The van der Waals surface area contributed by atoms with E-state index in [1.54, 1.807) is 0 Å². The molecule has 7 rings (SSSR count). The molecule has 33 heavy (non-hydrogen) atoms. The molecular formula is C30H20N2O. The SMILES string of the molecule is O=c1c2ccc(-c3ccccc3)c3cccc(c4n1C1C=CC=C(c5ccccc5)C1N=4)c32. The average Bonchev–Trinajstić information content (AvgIpc) is 3.28. The molecule has 4 aromatic carbocycles. The second-order valence-corrected chi connectivity index (χ2v) is 8.69. The van der Waals surface area contributed by atoms with Crippen LogP contribution in [-0.2, 0) is 0 Å². The van der Waals surface area contributed by atoms with E-state index in [0.29, 0.717) is 0 Å². The first-order valence-electron chi connectivity index (χ1n) is 11.3. The minimum Gasteiger partial charge on any atom is -0.283 e. The molecule has 2 heterocycles. The van der Waals surface area contributed by atoms with Gasteiger partial charge in [0.2, 0.25) is 0 Å². The molecule has 0 saturated carbocycles. The largest absolute Gasteiger partial charge is 0.283 e. The summed E-state index contributed by atoms with van der Waals surface area (Å²) in [5.41, 5.74) is 5.40. The molecule has 3 heteroatoms. The second kappa shape index (κ2) is 6.88. The third-order valence-electron chi connectivity index (χ3n) is 6.94. The summed E-state index contributed by atoms with van der Waals surface area (Å²) >= 11 is 0. The van der Waals surface area contributed by atoms with Gasteiger partial charge in [0.1, 0.15) is 11.5 Å². The fraction of sp³-hybridized carbons (Fsp3) is 0.0667. The Bertz CT molecular complexity index is 1730. The van der Waals surface area contributed by atoms with E-state index in [9.17, 15) is 4.79 Å². The fourth-order valence-electron chi connectivity index (χ4n) is 5.47. The summed E-state index contributed by atoms with van der Waals surface area (Å²) in [5.74, 6) is 0. The number of hydrogen-bond acceptors (Lipinski definition) is 2. The van der Waals surface area contributed by atoms with Crippen molar-refractivity contribution in [2.75, 3.05) is 0 Å². The van der Waals surface area contributed by atoms with Gasteiger partial charge < -0.3 is 0 Å². The lowest BCUT2D eigenvalue weighted by Crippen LogP contribution is -2.34. The lowest BCUT2D eigenvalue weighted by molar-refractivity contribution is 0.586. The van der Waals surface area contributed by atoms with Crippen LogP contribution in [0.4, 0.5) is 0 Å². The summed E-state index contributed by atoms with van der Waals surface area (Å²) in [4.78, 5) is 19.0. The zero-order valence-electron chi connectivity index (χ0n) is 17.8. The lowest BCUT2D eigenvalue weighted by Gasteiger charge is -2.23. The van der Waals surface area contributed by atoms with Crippen molar-refractivity contribution in [2.45, 2.75) is 12.1 Å². The van der Waals surface area contributed by atoms with Gasteiger partial charge >= 0.3 is 0 Å². The van der Waals surface area contributed by atoms with E-state index in [1.807, 2.05) is 47.0 Å². The van der Waals surface area contributed by atoms with E-state index in [1.165, 1.54) is 0 Å². The molecule has 1 aliphatic carbocycles. The molecule has 0 fully saturated rings. The van der Waals surface area contributed by atoms with Crippen molar-refractivity contribution in [3.05, 3.63) is 131 Å². The number of aromatic nitrogens is 1. The average molecular weight is 425 g/mol. The monoisotopic (exact) mass is 424 g/mol. The number of nitrogens with zero attached hydrogens (tertiary/aromatic N) is 2. The van der Waals surface area contributed by atoms with Gasteiger partial charge in [0.25, 0.3) is 5.56 Å². The molecule has 1 aromatic heterocycles. The molecule has 2 unspecified atom stereocenters. The van der Waals surface area contributed by atoms with Gasteiger partial charge in [0.15, 0.2) is 0 Å². The van der Waals surface area contributed by atoms with Gasteiger partial charge in [0, 0.05) is 16.2 Å². The Morgan fingerprint density at radius 2 is 1.42 bits per heavy atom. The highest BCUT2D eigenvalue weighted by Gasteiger charge is 2.34. The van der Waals surface area contributed by atoms with Gasteiger partial charge in [-0.1, -0.05) is 103 Å². The van der Waals surface area contributed by atoms with E-state index in [4.69, 9.17) is 4.99 Å². The highest BCUT2D eigenvalue weighted by Crippen LogP contribution is 2.37. The van der Waals surface area contributed by atoms with Crippen LogP contribution >= 0.6 is 0 Å². The topological polar surface area (TPSA) is 34.4 Å². The molecule has 156 valence electrons. The molecular weight excluding hydrogens is 404 g/mol. The molecule has 0 radical (unpaired) electrons. The molecule has 0 N–H and O–H groups in total. The van der Waals surface area contributed by atoms with Crippen molar-refractivity contribution in [2.24, 2.45) is 4.99 Å². The van der Waals surface area contributed by atoms with Gasteiger partial charge in [-0.2, -0.15) is 0 Å². The summed E-state index contributed by atoms with van der Waals surface area (Å²) < 4.78 is 1.90. The van der Waals surface area contributed by atoms with E-state index in [-0.39, 0.29) is 17.6 Å². The normalized spacial score (nSPS) is 18.7. The maximum absolute atomic E-state index is 13.8. The van der Waals surface area contributed by atoms with E-state index >= 15 is 0 Å². The molecule has 0 spiro atoms. The van der Waals surface area contributed by atoms with Crippen LogP contribution in [0.15, 0.2) is 119 Å². The molecule has 2 aliphatic rings. The number of fused-ring (bicyclic) bond motifs is 4. The minimum atomic E-state index is -0.107. The van der Waals surface area contributed by atoms with Crippen molar-refractivity contribution >= 4 is 27.1 Å². The number of hydrogen-bond donors (Lipinski definition) is 0. The molecule has 0 amide bonds. The van der Waals surface area contributed by atoms with Crippen LogP contribution in [0.1, 0.15) is 11.6 Å². The Labute approximate surface area is 190 Å². The zero-order chi connectivity index (χ0) is 21.9. The van der Waals surface area contributed by atoms with Gasteiger partial charge in [-0.05, 0) is 33.7 Å². The summed E-state index contributed by atoms with van der Waals surface area (Å²) in [5, 5.41) is 3.89. The van der Waals surface area contributed by atoms with E-state index in [2.05, 4.69) is 66.8 Å². The molecule has 0 saturated heterocycles. The summed E-state index contributed by atoms with van der Waals surface area (Å²) in [6.07, 6.45) is 6.30. The first kappa shape index (κ1) is 18.3. The minimum absolute atomic E-state index is 0.0310. The number of rotatable bonds is 2. The van der Waals surface area contributed by atoms with Crippen LogP contribution in [0.3, 0.4) is 0 Å².